The van der Waals surface area contributed by atoms with Crippen molar-refractivity contribution in [2.75, 3.05) is 0 Å². The molecule has 0 amide bonds. The van der Waals surface area contributed by atoms with Crippen LogP contribution in [0.2, 0.25) is 0 Å². The molecule has 0 saturated carbocycles. The highest BCUT2D eigenvalue weighted by Crippen LogP contribution is 2.56. The van der Waals surface area contributed by atoms with Crippen molar-refractivity contribution in [1.82, 2.24) is 0 Å². The second-order valence-electron chi connectivity index (χ2n) is 14.8. The summed E-state index contributed by atoms with van der Waals surface area (Å²) in [6.07, 6.45) is 10.3. The van der Waals surface area contributed by atoms with Crippen LogP contribution in [-0.2, 0) is 10.8 Å². The molecule has 1 aliphatic carbocycles. The standard InChI is InChI=1S/C47H52/c1-7-9-10-11-12-16-31-47(41-27-25-40(26-28-41)46(4,5)6)44-32-38(36-17-14-13-15-18-36)23-29-42(44)43-30-24-39(33-45(43)47)37-21-19-35(20-22-37)34(3)8-2/h7,13-15,17-30,32-34H,1,8-12,16,31H2,2-6H3. The molecule has 2 unspecified atom stereocenters. The van der Waals surface area contributed by atoms with Crippen LogP contribution >= 0.6 is 0 Å². The van der Waals surface area contributed by atoms with Gasteiger partial charge in [-0.15, -0.1) is 6.58 Å². The van der Waals surface area contributed by atoms with E-state index < -0.39 is 0 Å². The Morgan fingerprint density at radius 2 is 1.19 bits per heavy atom. The predicted octanol–water partition coefficient (Wildman–Crippen LogP) is 13.7. The summed E-state index contributed by atoms with van der Waals surface area (Å²) in [5.41, 5.74) is 14.9. The van der Waals surface area contributed by atoms with E-state index in [1.807, 2.05) is 0 Å². The summed E-state index contributed by atoms with van der Waals surface area (Å²) in [6, 6.07) is 44.4. The van der Waals surface area contributed by atoms with E-state index in [1.165, 1.54) is 86.9 Å². The summed E-state index contributed by atoms with van der Waals surface area (Å²) in [6.45, 7) is 15.5. The zero-order valence-electron chi connectivity index (χ0n) is 29.3. The van der Waals surface area contributed by atoms with Gasteiger partial charge in [0, 0.05) is 5.41 Å². The molecule has 0 saturated heterocycles. The molecular formula is C47H52. The molecule has 5 aromatic carbocycles. The van der Waals surface area contributed by atoms with Crippen molar-refractivity contribution in [3.05, 3.63) is 156 Å². The molecule has 5 aromatic rings. The van der Waals surface area contributed by atoms with E-state index in [2.05, 4.69) is 163 Å². The smallest absolute Gasteiger partial charge is 0.0464 e. The fraction of sp³-hybridized carbons (Fsp3) is 0.319. The molecule has 0 bridgehead atoms. The summed E-state index contributed by atoms with van der Waals surface area (Å²) in [5.74, 6) is 0.576. The Hall–Kier alpha value is -4.16. The Kier molecular flexibility index (Phi) is 9.70. The lowest BCUT2D eigenvalue weighted by atomic mass is 9.68. The zero-order chi connectivity index (χ0) is 33.0. The summed E-state index contributed by atoms with van der Waals surface area (Å²) >= 11 is 0. The lowest BCUT2D eigenvalue weighted by Gasteiger charge is -2.34. The Bertz CT molecular complexity index is 1800. The molecule has 2 atom stereocenters. The number of hydrogen-bond acceptors (Lipinski definition) is 0. The lowest BCUT2D eigenvalue weighted by molar-refractivity contribution is 0.512. The maximum atomic E-state index is 3.95. The first-order valence-corrected chi connectivity index (χ1v) is 17.9. The van der Waals surface area contributed by atoms with Crippen LogP contribution in [0.5, 0.6) is 0 Å². The van der Waals surface area contributed by atoms with Gasteiger partial charge in [0.05, 0.1) is 0 Å². The van der Waals surface area contributed by atoms with Gasteiger partial charge in [0.1, 0.15) is 0 Å². The van der Waals surface area contributed by atoms with E-state index in [-0.39, 0.29) is 10.8 Å². The first-order valence-electron chi connectivity index (χ1n) is 17.9. The zero-order valence-corrected chi connectivity index (χ0v) is 29.3. The number of unbranched alkanes of at least 4 members (excludes halogenated alkanes) is 4. The topological polar surface area (TPSA) is 0 Å². The fourth-order valence-corrected chi connectivity index (χ4v) is 7.65. The van der Waals surface area contributed by atoms with Crippen molar-refractivity contribution >= 4 is 0 Å². The van der Waals surface area contributed by atoms with Crippen molar-refractivity contribution in [2.45, 2.75) is 96.3 Å². The van der Waals surface area contributed by atoms with Crippen LogP contribution in [0.3, 0.4) is 0 Å². The molecule has 0 aliphatic heterocycles. The minimum absolute atomic E-state index is 0.109. The van der Waals surface area contributed by atoms with Crippen LogP contribution in [-0.4, -0.2) is 0 Å². The average molecular weight is 617 g/mol. The van der Waals surface area contributed by atoms with E-state index in [0.29, 0.717) is 5.92 Å². The first-order chi connectivity index (χ1) is 22.8. The summed E-state index contributed by atoms with van der Waals surface area (Å²) in [5, 5.41) is 0. The van der Waals surface area contributed by atoms with Crippen LogP contribution in [0.4, 0.5) is 0 Å². The maximum Gasteiger partial charge on any atom is 0.0464 e. The van der Waals surface area contributed by atoms with Crippen molar-refractivity contribution in [3.8, 4) is 33.4 Å². The van der Waals surface area contributed by atoms with E-state index in [0.717, 1.165) is 19.3 Å². The average Bonchev–Trinajstić information content (AvgIpc) is 3.38. The SMILES string of the molecule is C=CCCCCCCC1(c2ccc(C(C)(C)C)cc2)c2cc(-c3ccccc3)ccc2-c2ccc(-c3ccc(C(C)CC)cc3)cc21. The van der Waals surface area contributed by atoms with Gasteiger partial charge in [-0.1, -0.05) is 163 Å². The number of allylic oxidation sites excluding steroid dienone is 1. The van der Waals surface area contributed by atoms with Gasteiger partial charge in [-0.3, -0.25) is 0 Å². The highest BCUT2D eigenvalue weighted by atomic mass is 14.5. The van der Waals surface area contributed by atoms with Crippen LogP contribution in [0.1, 0.15) is 113 Å². The van der Waals surface area contributed by atoms with E-state index >= 15 is 0 Å². The molecule has 6 rings (SSSR count). The Morgan fingerprint density at radius 3 is 1.74 bits per heavy atom. The van der Waals surface area contributed by atoms with Gasteiger partial charge in [0.25, 0.3) is 0 Å². The van der Waals surface area contributed by atoms with Gasteiger partial charge in [-0.05, 0) is 110 Å². The van der Waals surface area contributed by atoms with E-state index in [4.69, 9.17) is 0 Å². The highest BCUT2D eigenvalue weighted by Gasteiger charge is 2.44. The van der Waals surface area contributed by atoms with Crippen molar-refractivity contribution in [1.29, 1.82) is 0 Å². The first kappa shape index (κ1) is 32.8. The second kappa shape index (κ2) is 13.9. The normalized spacial score (nSPS) is 16.0. The summed E-state index contributed by atoms with van der Waals surface area (Å²) < 4.78 is 0. The van der Waals surface area contributed by atoms with Crippen molar-refractivity contribution in [3.63, 3.8) is 0 Å². The molecule has 0 heteroatoms. The summed E-state index contributed by atoms with van der Waals surface area (Å²) in [4.78, 5) is 0. The van der Waals surface area contributed by atoms with Crippen molar-refractivity contribution in [2.24, 2.45) is 0 Å². The predicted molar refractivity (Wildman–Crippen MR) is 204 cm³/mol. The third kappa shape index (κ3) is 6.53. The van der Waals surface area contributed by atoms with Crippen LogP contribution in [0, 0.1) is 0 Å². The Morgan fingerprint density at radius 1 is 0.638 bits per heavy atom. The molecule has 47 heavy (non-hydrogen) atoms. The molecule has 0 nitrogen and oxygen atoms in total. The molecule has 0 heterocycles. The quantitative estimate of drug-likeness (QED) is 0.0966. The monoisotopic (exact) mass is 616 g/mol. The maximum absolute atomic E-state index is 3.95. The van der Waals surface area contributed by atoms with Gasteiger partial charge in [0.15, 0.2) is 0 Å². The molecule has 0 fully saturated rings. The summed E-state index contributed by atoms with van der Waals surface area (Å²) in [7, 11) is 0. The largest absolute Gasteiger partial charge is 0.103 e. The van der Waals surface area contributed by atoms with Crippen LogP contribution in [0.15, 0.2) is 128 Å². The molecule has 240 valence electrons. The number of fused-ring (bicyclic) bond motifs is 3. The Balaban J connectivity index is 1.54. The number of hydrogen-bond donors (Lipinski definition) is 0. The van der Waals surface area contributed by atoms with E-state index in [1.54, 1.807) is 0 Å². The molecular weight excluding hydrogens is 565 g/mol. The van der Waals surface area contributed by atoms with Gasteiger partial charge in [-0.2, -0.15) is 0 Å². The molecule has 0 radical (unpaired) electrons. The number of rotatable bonds is 12. The third-order valence-electron chi connectivity index (χ3n) is 10.7. The molecule has 0 N–H and O–H groups in total. The van der Waals surface area contributed by atoms with Gasteiger partial charge < -0.3 is 0 Å². The molecule has 0 spiro atoms. The van der Waals surface area contributed by atoms with Crippen LogP contribution < -0.4 is 0 Å². The van der Waals surface area contributed by atoms with Crippen LogP contribution in [0.25, 0.3) is 33.4 Å². The fourth-order valence-electron chi connectivity index (χ4n) is 7.65. The minimum Gasteiger partial charge on any atom is -0.103 e. The second-order valence-corrected chi connectivity index (χ2v) is 14.8. The van der Waals surface area contributed by atoms with E-state index in [9.17, 15) is 0 Å². The van der Waals surface area contributed by atoms with Crippen molar-refractivity contribution < 1.29 is 0 Å². The lowest BCUT2D eigenvalue weighted by Crippen LogP contribution is -2.27. The van der Waals surface area contributed by atoms with Gasteiger partial charge in [0.2, 0.25) is 0 Å². The van der Waals surface area contributed by atoms with Gasteiger partial charge >= 0.3 is 0 Å². The van der Waals surface area contributed by atoms with Gasteiger partial charge in [-0.25, -0.2) is 0 Å². The number of benzene rings is 5. The Labute approximate surface area is 284 Å². The third-order valence-corrected chi connectivity index (χ3v) is 10.7. The molecule has 1 aliphatic rings. The highest BCUT2D eigenvalue weighted by molar-refractivity contribution is 5.88. The minimum atomic E-state index is -0.225. The molecule has 0 aromatic heterocycles.